The molecule has 0 aliphatic carbocycles. The third-order valence-electron chi connectivity index (χ3n) is 3.46. The first-order valence-corrected chi connectivity index (χ1v) is 7.41. The van der Waals surface area contributed by atoms with Crippen LogP contribution in [0.1, 0.15) is 12.8 Å². The summed E-state index contributed by atoms with van der Waals surface area (Å²) in [5.74, 6) is 1.16. The van der Waals surface area contributed by atoms with E-state index in [0.717, 1.165) is 5.56 Å². The summed E-state index contributed by atoms with van der Waals surface area (Å²) in [6, 6.07) is 18.2. The van der Waals surface area contributed by atoms with Gasteiger partial charge in [-0.15, -0.1) is 0 Å². The molecule has 0 fully saturated rings. The first-order chi connectivity index (χ1) is 11.3. The van der Waals surface area contributed by atoms with Crippen LogP contribution in [0.5, 0.6) is 5.75 Å². The molecule has 2 aromatic carbocycles. The average Bonchev–Trinajstić information content (AvgIpc) is 2.59. The van der Waals surface area contributed by atoms with Crippen LogP contribution >= 0.6 is 0 Å². The fourth-order valence-corrected chi connectivity index (χ4v) is 2.31. The molecule has 23 heavy (non-hydrogen) atoms. The van der Waals surface area contributed by atoms with Crippen LogP contribution in [0.25, 0.3) is 22.3 Å². The Labute approximate surface area is 133 Å². The van der Waals surface area contributed by atoms with Crippen molar-refractivity contribution in [2.45, 2.75) is 12.8 Å². The minimum Gasteiger partial charge on any atom is -0.493 e. The molecule has 3 rings (SSSR count). The average molecular weight is 305 g/mol. The number of nitrogens with zero attached hydrogens (tertiary/aromatic N) is 1. The van der Waals surface area contributed by atoms with Crippen LogP contribution in [0.2, 0.25) is 0 Å². The van der Waals surface area contributed by atoms with Gasteiger partial charge in [0.1, 0.15) is 17.1 Å². The highest BCUT2D eigenvalue weighted by Crippen LogP contribution is 2.24. The van der Waals surface area contributed by atoms with Crippen molar-refractivity contribution in [1.82, 2.24) is 0 Å². The number of hydrogen-bond acceptors (Lipinski definition) is 4. The molecule has 4 nitrogen and oxygen atoms in total. The van der Waals surface area contributed by atoms with E-state index in [-0.39, 0.29) is 5.43 Å². The van der Waals surface area contributed by atoms with E-state index >= 15 is 0 Å². The lowest BCUT2D eigenvalue weighted by Crippen LogP contribution is -2.01. The molecule has 0 bridgehead atoms. The Morgan fingerprint density at radius 1 is 1.09 bits per heavy atom. The predicted octanol–water partition coefficient (Wildman–Crippen LogP) is 4.14. The molecule has 0 spiro atoms. The minimum absolute atomic E-state index is 0.0823. The summed E-state index contributed by atoms with van der Waals surface area (Å²) in [5, 5.41) is 9.04. The summed E-state index contributed by atoms with van der Waals surface area (Å²) in [7, 11) is 0. The summed E-state index contributed by atoms with van der Waals surface area (Å²) < 4.78 is 11.5. The fraction of sp³-hybridized carbons (Fsp3) is 0.158. The van der Waals surface area contributed by atoms with Gasteiger partial charge in [0.2, 0.25) is 0 Å². The van der Waals surface area contributed by atoms with Gasteiger partial charge in [-0.25, -0.2) is 0 Å². The first-order valence-electron chi connectivity index (χ1n) is 7.41. The molecule has 3 aromatic rings. The molecule has 4 heteroatoms. The molecule has 0 atom stereocenters. The van der Waals surface area contributed by atoms with E-state index in [4.69, 9.17) is 14.4 Å². The summed E-state index contributed by atoms with van der Waals surface area (Å²) in [5.41, 5.74) is 1.27. The molecule has 0 radical (unpaired) electrons. The highest BCUT2D eigenvalue weighted by molar-refractivity contribution is 5.80. The lowest BCUT2D eigenvalue weighted by Gasteiger charge is -2.07. The topological polar surface area (TPSA) is 63.2 Å². The zero-order valence-electron chi connectivity index (χ0n) is 12.5. The minimum atomic E-state index is -0.0823. The largest absolute Gasteiger partial charge is 0.493 e. The second-order valence-electron chi connectivity index (χ2n) is 5.11. The van der Waals surface area contributed by atoms with Gasteiger partial charge in [-0.05, 0) is 18.6 Å². The number of ether oxygens (including phenoxy) is 1. The van der Waals surface area contributed by atoms with Crippen LogP contribution in [-0.2, 0) is 0 Å². The van der Waals surface area contributed by atoms with E-state index in [0.29, 0.717) is 41.9 Å². The van der Waals surface area contributed by atoms with Crippen LogP contribution in [0.15, 0.2) is 63.8 Å². The molecule has 0 saturated heterocycles. The second-order valence-corrected chi connectivity index (χ2v) is 5.11. The van der Waals surface area contributed by atoms with E-state index in [9.17, 15) is 4.79 Å². The number of hydrogen-bond donors (Lipinski definition) is 0. The summed E-state index contributed by atoms with van der Waals surface area (Å²) >= 11 is 0. The van der Waals surface area contributed by atoms with Gasteiger partial charge in [-0.3, -0.25) is 4.79 Å². The Morgan fingerprint density at radius 2 is 1.91 bits per heavy atom. The van der Waals surface area contributed by atoms with Gasteiger partial charge >= 0.3 is 0 Å². The lowest BCUT2D eigenvalue weighted by atomic mass is 10.1. The Balaban J connectivity index is 1.94. The smallest absolute Gasteiger partial charge is 0.193 e. The highest BCUT2D eigenvalue weighted by Gasteiger charge is 2.08. The van der Waals surface area contributed by atoms with Crippen molar-refractivity contribution in [3.63, 3.8) is 0 Å². The summed E-state index contributed by atoms with van der Waals surface area (Å²) in [6.07, 6.45) is 1.13. The number of fused-ring (bicyclic) bond motifs is 1. The van der Waals surface area contributed by atoms with Crippen molar-refractivity contribution in [3.05, 3.63) is 64.8 Å². The van der Waals surface area contributed by atoms with Crippen molar-refractivity contribution in [3.8, 4) is 23.1 Å². The Hall–Kier alpha value is -3.06. The number of unbranched alkanes of at least 4 members (excludes halogenated alkanes) is 1. The van der Waals surface area contributed by atoms with Gasteiger partial charge in [0.15, 0.2) is 5.43 Å². The van der Waals surface area contributed by atoms with Gasteiger partial charge in [0.05, 0.1) is 18.1 Å². The fourth-order valence-electron chi connectivity index (χ4n) is 2.31. The maximum absolute atomic E-state index is 12.2. The normalized spacial score (nSPS) is 10.4. The monoisotopic (exact) mass is 305 g/mol. The summed E-state index contributed by atoms with van der Waals surface area (Å²) in [4.78, 5) is 12.2. The molecule has 0 N–H and O–H groups in total. The molecular formula is C19H15NO3. The van der Waals surface area contributed by atoms with E-state index in [1.807, 2.05) is 30.3 Å². The lowest BCUT2D eigenvalue weighted by molar-refractivity contribution is 0.312. The Kier molecular flexibility index (Phi) is 4.39. The van der Waals surface area contributed by atoms with E-state index in [2.05, 4.69) is 6.07 Å². The highest BCUT2D eigenvalue weighted by atomic mass is 16.5. The summed E-state index contributed by atoms with van der Waals surface area (Å²) in [6.45, 7) is 0.460. The van der Waals surface area contributed by atoms with Crippen LogP contribution in [-0.4, -0.2) is 6.61 Å². The molecular weight excluding hydrogens is 290 g/mol. The van der Waals surface area contributed by atoms with Crippen molar-refractivity contribution in [2.75, 3.05) is 6.61 Å². The third kappa shape index (κ3) is 3.41. The van der Waals surface area contributed by atoms with Crippen molar-refractivity contribution < 1.29 is 9.15 Å². The number of benzene rings is 2. The maximum Gasteiger partial charge on any atom is 0.193 e. The zero-order valence-corrected chi connectivity index (χ0v) is 12.5. The molecule has 114 valence electrons. The van der Waals surface area contributed by atoms with Crippen LogP contribution in [0, 0.1) is 11.3 Å². The SMILES string of the molecule is N#CCCCOc1ccc2c(=O)cc(-c3ccccc3)oc2c1. The number of rotatable bonds is 5. The van der Waals surface area contributed by atoms with Gasteiger partial charge in [-0.2, -0.15) is 5.26 Å². The Morgan fingerprint density at radius 3 is 2.70 bits per heavy atom. The second kappa shape index (κ2) is 6.80. The van der Waals surface area contributed by atoms with E-state index in [1.54, 1.807) is 18.2 Å². The van der Waals surface area contributed by atoms with Crippen molar-refractivity contribution in [1.29, 1.82) is 5.26 Å². The zero-order chi connectivity index (χ0) is 16.1. The van der Waals surface area contributed by atoms with Crippen LogP contribution in [0.4, 0.5) is 0 Å². The van der Waals surface area contributed by atoms with E-state index < -0.39 is 0 Å². The standard InChI is InChI=1S/C19H15NO3/c20-10-4-5-11-22-15-8-9-16-17(21)13-18(23-19(16)12-15)14-6-2-1-3-7-14/h1-3,6-9,12-13H,4-5,11H2. The van der Waals surface area contributed by atoms with Gasteiger partial charge < -0.3 is 9.15 Å². The van der Waals surface area contributed by atoms with Crippen molar-refractivity contribution >= 4 is 11.0 Å². The number of nitriles is 1. The molecule has 0 saturated carbocycles. The maximum atomic E-state index is 12.2. The quantitative estimate of drug-likeness (QED) is 0.664. The van der Waals surface area contributed by atoms with Crippen LogP contribution in [0.3, 0.4) is 0 Å². The van der Waals surface area contributed by atoms with Gasteiger partial charge in [0, 0.05) is 24.1 Å². The molecule has 0 unspecified atom stereocenters. The molecule has 1 heterocycles. The molecule has 0 aliphatic heterocycles. The Bertz CT molecular complexity index is 907. The first kappa shape index (κ1) is 14.9. The molecule has 1 aromatic heterocycles. The van der Waals surface area contributed by atoms with Crippen LogP contribution < -0.4 is 10.2 Å². The molecule has 0 amide bonds. The van der Waals surface area contributed by atoms with Crippen molar-refractivity contribution in [2.24, 2.45) is 0 Å². The van der Waals surface area contributed by atoms with E-state index in [1.165, 1.54) is 6.07 Å². The van der Waals surface area contributed by atoms with Gasteiger partial charge in [0.25, 0.3) is 0 Å². The van der Waals surface area contributed by atoms with Gasteiger partial charge in [-0.1, -0.05) is 30.3 Å². The molecule has 0 aliphatic rings. The third-order valence-corrected chi connectivity index (χ3v) is 3.46. The predicted molar refractivity (Wildman–Crippen MR) is 88.3 cm³/mol.